The molecular weight excluding hydrogens is 247 g/mol. The van der Waals surface area contributed by atoms with Crippen LogP contribution in [0.25, 0.3) is 0 Å². The number of hydrogen-bond donors (Lipinski definition) is 1. The highest BCUT2D eigenvalue weighted by atomic mass is 19.1. The molecule has 1 saturated heterocycles. The first kappa shape index (κ1) is 13.8. The van der Waals surface area contributed by atoms with Crippen LogP contribution in [0.15, 0.2) is 24.3 Å². The summed E-state index contributed by atoms with van der Waals surface area (Å²) in [7, 11) is 0. The highest BCUT2D eigenvalue weighted by Crippen LogP contribution is 2.15. The van der Waals surface area contributed by atoms with Crippen molar-refractivity contribution < 1.29 is 13.9 Å². The highest BCUT2D eigenvalue weighted by molar-refractivity contribution is 5.81. The number of hydrogen-bond acceptors (Lipinski definition) is 3. The Balaban J connectivity index is 1.95. The molecule has 1 aliphatic rings. The van der Waals surface area contributed by atoms with Crippen molar-refractivity contribution in [3.8, 4) is 5.75 Å². The van der Waals surface area contributed by atoms with Crippen LogP contribution in [0.1, 0.15) is 13.8 Å². The first-order chi connectivity index (χ1) is 9.06. The van der Waals surface area contributed by atoms with Crippen LogP contribution in [0.3, 0.4) is 0 Å². The molecule has 0 aliphatic carbocycles. The molecule has 1 aromatic carbocycles. The maximum atomic E-state index is 13.0. The molecule has 5 heteroatoms. The molecule has 1 amide bonds. The van der Waals surface area contributed by atoms with Crippen molar-refractivity contribution in [3.05, 3.63) is 30.1 Å². The van der Waals surface area contributed by atoms with Gasteiger partial charge in [-0.25, -0.2) is 4.39 Å². The summed E-state index contributed by atoms with van der Waals surface area (Å²) in [5.74, 6) is -0.0467. The molecule has 1 heterocycles. The zero-order chi connectivity index (χ0) is 13.8. The van der Waals surface area contributed by atoms with Crippen molar-refractivity contribution in [1.29, 1.82) is 0 Å². The van der Waals surface area contributed by atoms with Crippen LogP contribution < -0.4 is 10.1 Å². The number of ether oxygens (including phenoxy) is 1. The van der Waals surface area contributed by atoms with Crippen LogP contribution in [0.4, 0.5) is 4.39 Å². The van der Waals surface area contributed by atoms with E-state index in [1.807, 2.05) is 6.92 Å². The number of carbonyl (C=O) groups is 1. The van der Waals surface area contributed by atoms with E-state index in [1.54, 1.807) is 24.0 Å². The SMILES string of the molecule is CC1CN(C(=O)C(C)Oc2cccc(F)c2)CCN1. The second-order valence-electron chi connectivity index (χ2n) is 4.86. The summed E-state index contributed by atoms with van der Waals surface area (Å²) in [5.41, 5.74) is 0. The number of benzene rings is 1. The zero-order valence-electron chi connectivity index (χ0n) is 11.2. The van der Waals surface area contributed by atoms with Crippen LogP contribution in [0.5, 0.6) is 5.75 Å². The third-order valence-electron chi connectivity index (χ3n) is 3.14. The molecule has 2 atom stereocenters. The van der Waals surface area contributed by atoms with E-state index >= 15 is 0 Å². The second kappa shape index (κ2) is 6.02. The summed E-state index contributed by atoms with van der Waals surface area (Å²) >= 11 is 0. The van der Waals surface area contributed by atoms with Gasteiger partial charge in [-0.15, -0.1) is 0 Å². The molecule has 2 unspecified atom stereocenters. The molecular formula is C14H19FN2O2. The van der Waals surface area contributed by atoms with Gasteiger partial charge in [0, 0.05) is 31.7 Å². The van der Waals surface area contributed by atoms with Gasteiger partial charge in [-0.1, -0.05) is 6.07 Å². The van der Waals surface area contributed by atoms with E-state index in [4.69, 9.17) is 4.74 Å². The van der Waals surface area contributed by atoms with Gasteiger partial charge in [0.1, 0.15) is 11.6 Å². The fraction of sp³-hybridized carbons (Fsp3) is 0.500. The number of carbonyl (C=O) groups excluding carboxylic acids is 1. The number of nitrogens with one attached hydrogen (secondary N) is 1. The van der Waals surface area contributed by atoms with Crippen molar-refractivity contribution in [2.75, 3.05) is 19.6 Å². The lowest BCUT2D eigenvalue weighted by atomic mass is 10.2. The minimum absolute atomic E-state index is 0.0578. The minimum Gasteiger partial charge on any atom is -0.481 e. The lowest BCUT2D eigenvalue weighted by Gasteiger charge is -2.33. The van der Waals surface area contributed by atoms with Crippen molar-refractivity contribution in [2.24, 2.45) is 0 Å². The molecule has 1 fully saturated rings. The Kier molecular flexibility index (Phi) is 4.37. The van der Waals surface area contributed by atoms with Crippen LogP contribution in [-0.2, 0) is 4.79 Å². The van der Waals surface area contributed by atoms with Crippen LogP contribution in [0.2, 0.25) is 0 Å². The molecule has 1 N–H and O–H groups in total. The monoisotopic (exact) mass is 266 g/mol. The van der Waals surface area contributed by atoms with Gasteiger partial charge >= 0.3 is 0 Å². The van der Waals surface area contributed by atoms with Crippen molar-refractivity contribution >= 4 is 5.91 Å². The fourth-order valence-corrected chi connectivity index (χ4v) is 2.18. The molecule has 1 aliphatic heterocycles. The zero-order valence-corrected chi connectivity index (χ0v) is 11.2. The van der Waals surface area contributed by atoms with Gasteiger partial charge in [0.25, 0.3) is 5.91 Å². The predicted molar refractivity (Wildman–Crippen MR) is 70.5 cm³/mol. The number of amides is 1. The Morgan fingerprint density at radius 2 is 2.37 bits per heavy atom. The van der Waals surface area contributed by atoms with E-state index in [0.717, 1.165) is 6.54 Å². The third kappa shape index (κ3) is 3.67. The van der Waals surface area contributed by atoms with E-state index in [-0.39, 0.29) is 11.7 Å². The molecule has 19 heavy (non-hydrogen) atoms. The van der Waals surface area contributed by atoms with Gasteiger partial charge in [-0.3, -0.25) is 4.79 Å². The minimum atomic E-state index is -0.605. The van der Waals surface area contributed by atoms with Crippen LogP contribution >= 0.6 is 0 Å². The van der Waals surface area contributed by atoms with Crippen LogP contribution in [-0.4, -0.2) is 42.6 Å². The smallest absolute Gasteiger partial charge is 0.263 e. The number of piperazine rings is 1. The number of halogens is 1. The summed E-state index contributed by atoms with van der Waals surface area (Å²) < 4.78 is 18.5. The Bertz CT molecular complexity index is 453. The van der Waals surface area contributed by atoms with Crippen molar-refractivity contribution in [3.63, 3.8) is 0 Å². The molecule has 0 aromatic heterocycles. The summed E-state index contributed by atoms with van der Waals surface area (Å²) in [6.45, 7) is 5.88. The largest absolute Gasteiger partial charge is 0.481 e. The molecule has 0 saturated carbocycles. The predicted octanol–water partition coefficient (Wildman–Crippen LogP) is 1.41. The van der Waals surface area contributed by atoms with E-state index in [9.17, 15) is 9.18 Å². The molecule has 0 radical (unpaired) electrons. The van der Waals surface area contributed by atoms with Crippen molar-refractivity contribution in [1.82, 2.24) is 10.2 Å². The topological polar surface area (TPSA) is 41.6 Å². The van der Waals surface area contributed by atoms with Gasteiger partial charge in [0.15, 0.2) is 6.10 Å². The molecule has 0 spiro atoms. The first-order valence-electron chi connectivity index (χ1n) is 6.50. The average Bonchev–Trinajstić information content (AvgIpc) is 2.38. The lowest BCUT2D eigenvalue weighted by molar-refractivity contribution is -0.139. The summed E-state index contributed by atoms with van der Waals surface area (Å²) in [5, 5.41) is 3.28. The quantitative estimate of drug-likeness (QED) is 0.899. The number of rotatable bonds is 3. The Labute approximate surface area is 112 Å². The van der Waals surface area contributed by atoms with E-state index in [1.165, 1.54) is 12.1 Å². The Morgan fingerprint density at radius 3 is 3.05 bits per heavy atom. The highest BCUT2D eigenvalue weighted by Gasteiger charge is 2.25. The number of nitrogens with zero attached hydrogens (tertiary/aromatic N) is 1. The van der Waals surface area contributed by atoms with Gasteiger partial charge in [-0.05, 0) is 26.0 Å². The van der Waals surface area contributed by atoms with E-state index in [0.29, 0.717) is 24.9 Å². The molecule has 4 nitrogen and oxygen atoms in total. The Hall–Kier alpha value is -1.62. The fourth-order valence-electron chi connectivity index (χ4n) is 2.18. The lowest BCUT2D eigenvalue weighted by Crippen LogP contribution is -2.54. The normalized spacial score (nSPS) is 21.0. The van der Waals surface area contributed by atoms with Gasteiger partial charge in [0.2, 0.25) is 0 Å². The maximum Gasteiger partial charge on any atom is 0.263 e. The summed E-state index contributed by atoms with van der Waals surface area (Å²) in [4.78, 5) is 14.0. The summed E-state index contributed by atoms with van der Waals surface area (Å²) in [6, 6.07) is 6.13. The van der Waals surface area contributed by atoms with Crippen molar-refractivity contribution in [2.45, 2.75) is 26.0 Å². The Morgan fingerprint density at radius 1 is 1.58 bits per heavy atom. The van der Waals surface area contributed by atoms with Gasteiger partial charge < -0.3 is 15.0 Å². The molecule has 2 rings (SSSR count). The second-order valence-corrected chi connectivity index (χ2v) is 4.86. The summed E-state index contributed by atoms with van der Waals surface area (Å²) in [6.07, 6.45) is -0.605. The van der Waals surface area contributed by atoms with Gasteiger partial charge in [-0.2, -0.15) is 0 Å². The third-order valence-corrected chi connectivity index (χ3v) is 3.14. The molecule has 1 aromatic rings. The molecule has 104 valence electrons. The van der Waals surface area contributed by atoms with Crippen LogP contribution in [0, 0.1) is 5.82 Å². The standard InChI is InChI=1S/C14H19FN2O2/c1-10-9-17(7-6-16-10)14(18)11(2)19-13-5-3-4-12(15)8-13/h3-5,8,10-11,16H,6-7,9H2,1-2H3. The van der Waals surface area contributed by atoms with E-state index in [2.05, 4.69) is 5.32 Å². The maximum absolute atomic E-state index is 13.0. The first-order valence-corrected chi connectivity index (χ1v) is 6.50. The molecule has 0 bridgehead atoms. The van der Waals surface area contributed by atoms with Gasteiger partial charge in [0.05, 0.1) is 0 Å². The van der Waals surface area contributed by atoms with E-state index < -0.39 is 6.10 Å². The average molecular weight is 266 g/mol.